The summed E-state index contributed by atoms with van der Waals surface area (Å²) in [7, 11) is 1.73. The van der Waals surface area contributed by atoms with Crippen LogP contribution in [-0.4, -0.2) is 25.2 Å². The molecule has 3 nitrogen and oxygen atoms in total. The normalized spacial score (nSPS) is 11.3. The maximum atomic E-state index is 5.05. The number of aromatic amines is 1. The van der Waals surface area contributed by atoms with Crippen LogP contribution in [0.15, 0.2) is 12.1 Å². The molecule has 0 aliphatic heterocycles. The minimum atomic E-state index is 0.749. The topological polar surface area (TPSA) is 37.0 Å². The lowest BCUT2D eigenvalue weighted by Gasteiger charge is -2.06. The first-order valence-corrected chi connectivity index (χ1v) is 6.41. The van der Waals surface area contributed by atoms with E-state index in [0.717, 1.165) is 19.7 Å². The molecule has 0 saturated heterocycles. The summed E-state index contributed by atoms with van der Waals surface area (Å²) in [6.07, 6.45) is 0. The van der Waals surface area contributed by atoms with Gasteiger partial charge >= 0.3 is 0 Å². The van der Waals surface area contributed by atoms with E-state index >= 15 is 0 Å². The minimum absolute atomic E-state index is 0.749. The molecular formula is C15H22N2O. The van der Waals surface area contributed by atoms with Gasteiger partial charge in [0.1, 0.15) is 0 Å². The zero-order valence-corrected chi connectivity index (χ0v) is 11.7. The summed E-state index contributed by atoms with van der Waals surface area (Å²) < 4.78 is 5.05. The van der Waals surface area contributed by atoms with Crippen molar-refractivity contribution in [3.05, 3.63) is 34.5 Å². The van der Waals surface area contributed by atoms with Gasteiger partial charge in [-0.3, -0.25) is 0 Å². The third-order valence-corrected chi connectivity index (χ3v) is 3.34. The van der Waals surface area contributed by atoms with E-state index in [1.807, 2.05) is 0 Å². The molecule has 1 aromatic heterocycles. The van der Waals surface area contributed by atoms with Crippen LogP contribution in [-0.2, 0) is 11.3 Å². The average molecular weight is 246 g/mol. The molecule has 1 aromatic carbocycles. The average Bonchev–Trinajstić information content (AvgIpc) is 2.61. The van der Waals surface area contributed by atoms with Gasteiger partial charge in [-0.1, -0.05) is 6.07 Å². The van der Waals surface area contributed by atoms with Gasteiger partial charge in [-0.05, 0) is 43.5 Å². The fraction of sp³-hybridized carbons (Fsp3) is 0.467. The number of ether oxygens (including phenoxy) is 1. The molecule has 2 rings (SSSR count). The molecule has 2 N–H and O–H groups in total. The number of hydrogen-bond donors (Lipinski definition) is 2. The lowest BCUT2D eigenvalue weighted by molar-refractivity contribution is 0.199. The number of methoxy groups -OCH3 is 1. The quantitative estimate of drug-likeness (QED) is 0.796. The Morgan fingerprint density at radius 1 is 1.22 bits per heavy atom. The number of aromatic nitrogens is 1. The van der Waals surface area contributed by atoms with Crippen LogP contribution in [0.1, 0.15) is 22.4 Å². The van der Waals surface area contributed by atoms with Crippen molar-refractivity contribution in [2.24, 2.45) is 0 Å². The Morgan fingerprint density at radius 3 is 2.72 bits per heavy atom. The summed E-state index contributed by atoms with van der Waals surface area (Å²) in [5.74, 6) is 0. The molecule has 0 fully saturated rings. The smallest absolute Gasteiger partial charge is 0.0587 e. The number of benzene rings is 1. The second-order valence-electron chi connectivity index (χ2n) is 4.90. The fourth-order valence-corrected chi connectivity index (χ4v) is 2.54. The largest absolute Gasteiger partial charge is 0.383 e. The van der Waals surface area contributed by atoms with Crippen LogP contribution in [0, 0.1) is 20.8 Å². The maximum Gasteiger partial charge on any atom is 0.0587 e. The van der Waals surface area contributed by atoms with Gasteiger partial charge in [0.05, 0.1) is 6.61 Å². The van der Waals surface area contributed by atoms with Crippen LogP contribution >= 0.6 is 0 Å². The number of aryl methyl sites for hydroxylation is 3. The summed E-state index contributed by atoms with van der Waals surface area (Å²) in [5, 5.41) is 4.78. The summed E-state index contributed by atoms with van der Waals surface area (Å²) >= 11 is 0. The second kappa shape index (κ2) is 5.55. The summed E-state index contributed by atoms with van der Waals surface area (Å²) in [5.41, 5.74) is 6.52. The zero-order valence-electron chi connectivity index (χ0n) is 11.7. The molecule has 18 heavy (non-hydrogen) atoms. The lowest BCUT2D eigenvalue weighted by atomic mass is 10.0. The Morgan fingerprint density at radius 2 is 2.00 bits per heavy atom. The van der Waals surface area contributed by atoms with E-state index in [0.29, 0.717) is 0 Å². The first-order chi connectivity index (χ1) is 8.63. The molecular weight excluding hydrogens is 224 g/mol. The van der Waals surface area contributed by atoms with Crippen molar-refractivity contribution < 1.29 is 4.74 Å². The predicted octanol–water partition coefficient (Wildman–Crippen LogP) is 2.83. The number of rotatable bonds is 5. The molecule has 3 heteroatoms. The number of H-pyrrole nitrogens is 1. The molecule has 98 valence electrons. The van der Waals surface area contributed by atoms with Gasteiger partial charge in [0.25, 0.3) is 0 Å². The summed E-state index contributed by atoms with van der Waals surface area (Å²) in [6, 6.07) is 4.46. The van der Waals surface area contributed by atoms with Crippen LogP contribution < -0.4 is 5.32 Å². The maximum absolute atomic E-state index is 5.05. The highest BCUT2D eigenvalue weighted by molar-refractivity contribution is 5.88. The first kappa shape index (κ1) is 13.1. The van der Waals surface area contributed by atoms with Gasteiger partial charge in [-0.25, -0.2) is 0 Å². The standard InChI is InChI=1S/C15H22N2O/c1-10-7-11(2)15-13(9-16-5-6-18-4)12(3)17-14(15)8-10/h7-8,16-17H,5-6,9H2,1-4H3. The van der Waals surface area contributed by atoms with Gasteiger partial charge in [-0.15, -0.1) is 0 Å². The van der Waals surface area contributed by atoms with Crippen LogP contribution in [0.4, 0.5) is 0 Å². The molecule has 0 aliphatic carbocycles. The molecule has 0 aliphatic rings. The van der Waals surface area contributed by atoms with Gasteiger partial charge in [0.2, 0.25) is 0 Å². The Bertz CT molecular complexity index is 543. The summed E-state index contributed by atoms with van der Waals surface area (Å²) in [4.78, 5) is 3.48. The molecule has 0 bridgehead atoms. The van der Waals surface area contributed by atoms with Crippen molar-refractivity contribution >= 4 is 10.9 Å². The molecule has 2 aromatic rings. The van der Waals surface area contributed by atoms with Gasteiger partial charge in [0.15, 0.2) is 0 Å². The number of fused-ring (bicyclic) bond motifs is 1. The van der Waals surface area contributed by atoms with E-state index in [-0.39, 0.29) is 0 Å². The molecule has 0 amide bonds. The van der Waals surface area contributed by atoms with E-state index < -0.39 is 0 Å². The molecule has 0 spiro atoms. The van der Waals surface area contributed by atoms with Crippen LogP contribution in [0.5, 0.6) is 0 Å². The highest BCUT2D eigenvalue weighted by Gasteiger charge is 2.10. The van der Waals surface area contributed by atoms with Crippen LogP contribution in [0.2, 0.25) is 0 Å². The molecule has 0 atom stereocenters. The van der Waals surface area contributed by atoms with Crippen molar-refractivity contribution in [1.29, 1.82) is 0 Å². The van der Waals surface area contributed by atoms with Crippen molar-refractivity contribution in [3.63, 3.8) is 0 Å². The molecule has 0 unspecified atom stereocenters. The Kier molecular flexibility index (Phi) is 4.04. The Hall–Kier alpha value is -1.32. The monoisotopic (exact) mass is 246 g/mol. The van der Waals surface area contributed by atoms with Crippen molar-refractivity contribution in [2.75, 3.05) is 20.3 Å². The highest BCUT2D eigenvalue weighted by Crippen LogP contribution is 2.26. The molecule has 1 heterocycles. The third-order valence-electron chi connectivity index (χ3n) is 3.34. The van der Waals surface area contributed by atoms with Crippen molar-refractivity contribution in [3.8, 4) is 0 Å². The van der Waals surface area contributed by atoms with E-state index in [9.17, 15) is 0 Å². The minimum Gasteiger partial charge on any atom is -0.383 e. The van der Waals surface area contributed by atoms with Crippen molar-refractivity contribution in [1.82, 2.24) is 10.3 Å². The van der Waals surface area contributed by atoms with Gasteiger partial charge in [0, 0.05) is 36.8 Å². The van der Waals surface area contributed by atoms with Crippen LogP contribution in [0.25, 0.3) is 10.9 Å². The SMILES string of the molecule is COCCNCc1c(C)[nH]c2cc(C)cc(C)c12. The second-order valence-corrected chi connectivity index (χ2v) is 4.90. The van der Waals surface area contributed by atoms with Gasteiger partial charge < -0.3 is 15.0 Å². The van der Waals surface area contributed by atoms with Crippen LogP contribution in [0.3, 0.4) is 0 Å². The number of nitrogens with one attached hydrogen (secondary N) is 2. The first-order valence-electron chi connectivity index (χ1n) is 6.41. The Balaban J connectivity index is 2.29. The lowest BCUT2D eigenvalue weighted by Crippen LogP contribution is -2.18. The van der Waals surface area contributed by atoms with E-state index in [1.165, 1.54) is 33.3 Å². The van der Waals surface area contributed by atoms with Crippen molar-refractivity contribution in [2.45, 2.75) is 27.3 Å². The van der Waals surface area contributed by atoms with Gasteiger partial charge in [-0.2, -0.15) is 0 Å². The van der Waals surface area contributed by atoms with E-state index in [2.05, 4.69) is 43.2 Å². The van der Waals surface area contributed by atoms with E-state index in [4.69, 9.17) is 4.74 Å². The predicted molar refractivity (Wildman–Crippen MR) is 76.1 cm³/mol. The Labute approximate surface area is 109 Å². The summed E-state index contributed by atoms with van der Waals surface area (Å²) in [6.45, 7) is 8.98. The fourth-order valence-electron chi connectivity index (χ4n) is 2.54. The highest BCUT2D eigenvalue weighted by atomic mass is 16.5. The number of hydrogen-bond acceptors (Lipinski definition) is 2. The third kappa shape index (κ3) is 2.57. The molecule has 0 radical (unpaired) electrons. The van der Waals surface area contributed by atoms with E-state index in [1.54, 1.807) is 7.11 Å². The zero-order chi connectivity index (χ0) is 13.1. The molecule has 0 saturated carbocycles.